The van der Waals surface area contributed by atoms with E-state index in [-0.39, 0.29) is 11.8 Å². The van der Waals surface area contributed by atoms with Crippen LogP contribution < -0.4 is 20.7 Å². The van der Waals surface area contributed by atoms with E-state index in [1.807, 2.05) is 25.2 Å². The number of nitrogens with zero attached hydrogens (tertiary/aromatic N) is 1. The average Bonchev–Trinajstić information content (AvgIpc) is 2.90. The second-order valence-electron chi connectivity index (χ2n) is 9.55. The van der Waals surface area contributed by atoms with Gasteiger partial charge in [-0.25, -0.2) is 18.0 Å². The maximum Gasteiger partial charge on any atom is 0.319 e. The van der Waals surface area contributed by atoms with Crippen LogP contribution in [-0.2, 0) is 6.54 Å². The molecule has 0 radical (unpaired) electrons. The van der Waals surface area contributed by atoms with E-state index in [1.54, 1.807) is 12.1 Å². The van der Waals surface area contributed by atoms with Crippen LogP contribution in [0.3, 0.4) is 0 Å². The summed E-state index contributed by atoms with van der Waals surface area (Å²) in [5, 5.41) is 8.74. The van der Waals surface area contributed by atoms with Crippen LogP contribution in [0.2, 0.25) is 0 Å². The summed E-state index contributed by atoms with van der Waals surface area (Å²) in [5.74, 6) is -2.97. The normalized spacial score (nSPS) is 14.3. The van der Waals surface area contributed by atoms with Crippen molar-refractivity contribution in [2.75, 3.05) is 38.5 Å². The van der Waals surface area contributed by atoms with Crippen LogP contribution in [0.1, 0.15) is 35.4 Å². The summed E-state index contributed by atoms with van der Waals surface area (Å²) >= 11 is 0. The second-order valence-corrected chi connectivity index (χ2v) is 9.55. The van der Waals surface area contributed by atoms with Gasteiger partial charge in [-0.1, -0.05) is 18.2 Å². The van der Waals surface area contributed by atoms with Crippen molar-refractivity contribution in [2.45, 2.75) is 32.2 Å². The van der Waals surface area contributed by atoms with Crippen LogP contribution in [0.5, 0.6) is 11.5 Å². The number of piperidine rings is 1. The third-order valence-corrected chi connectivity index (χ3v) is 6.76. The number of hydrogen-bond donors (Lipinski definition) is 3. The third-order valence-electron chi connectivity index (χ3n) is 6.76. The lowest BCUT2D eigenvalue weighted by Gasteiger charge is -2.33. The molecule has 2 amide bonds. The minimum absolute atomic E-state index is 0.212. The van der Waals surface area contributed by atoms with E-state index in [9.17, 15) is 18.0 Å². The molecule has 9 heteroatoms. The molecule has 3 aromatic rings. The van der Waals surface area contributed by atoms with Crippen LogP contribution in [-0.4, -0.2) is 44.2 Å². The summed E-state index contributed by atoms with van der Waals surface area (Å²) < 4.78 is 45.8. The van der Waals surface area contributed by atoms with Crippen molar-refractivity contribution in [1.29, 1.82) is 0 Å². The molecule has 1 fully saturated rings. The number of anilines is 1. The first-order chi connectivity index (χ1) is 18.3. The Balaban J connectivity index is 1.29. The van der Waals surface area contributed by atoms with Crippen molar-refractivity contribution in [1.82, 2.24) is 15.5 Å². The van der Waals surface area contributed by atoms with E-state index in [4.69, 9.17) is 4.74 Å². The van der Waals surface area contributed by atoms with Gasteiger partial charge in [-0.3, -0.25) is 4.90 Å². The summed E-state index contributed by atoms with van der Waals surface area (Å²) in [6.45, 7) is 6.01. The third kappa shape index (κ3) is 7.26. The summed E-state index contributed by atoms with van der Waals surface area (Å²) in [5.41, 5.74) is 4.36. The lowest BCUT2D eigenvalue weighted by atomic mass is 9.86. The SMILES string of the molecule is CNCCNC(=O)Nc1ccc(C)c(C2CCN(Cc3ccc(Oc4cc(F)c(F)cc4F)cc3)CC2)c1. The number of urea groups is 1. The largest absolute Gasteiger partial charge is 0.454 e. The van der Waals surface area contributed by atoms with Crippen molar-refractivity contribution in [3.8, 4) is 11.5 Å². The van der Waals surface area contributed by atoms with Gasteiger partial charge in [0.15, 0.2) is 23.2 Å². The first kappa shape index (κ1) is 27.5. The molecule has 0 atom stereocenters. The number of amides is 2. The van der Waals surface area contributed by atoms with Crippen molar-refractivity contribution >= 4 is 11.7 Å². The molecule has 0 bridgehead atoms. The predicted molar refractivity (Wildman–Crippen MR) is 142 cm³/mol. The van der Waals surface area contributed by atoms with Crippen molar-refractivity contribution in [2.24, 2.45) is 0 Å². The standard InChI is InChI=1S/C29H33F3N4O2/c1-19-3-6-22(35-29(37)34-12-11-33-2)15-24(19)21-9-13-36(14-10-21)18-20-4-7-23(8-5-20)38-28-17-26(31)25(30)16-27(28)32/h3-8,15-17,21,33H,9-14,18H2,1-2H3,(H2,34,35,37). The van der Waals surface area contributed by atoms with Gasteiger partial charge in [-0.15, -0.1) is 0 Å². The Kier molecular flexibility index (Phi) is 9.25. The zero-order chi connectivity index (χ0) is 27.1. The summed E-state index contributed by atoms with van der Waals surface area (Å²) in [4.78, 5) is 14.5. The number of aryl methyl sites for hydroxylation is 1. The molecular formula is C29H33F3N4O2. The Labute approximate surface area is 221 Å². The fourth-order valence-electron chi connectivity index (χ4n) is 4.67. The maximum absolute atomic E-state index is 13.9. The van der Waals surface area contributed by atoms with E-state index >= 15 is 0 Å². The summed E-state index contributed by atoms with van der Waals surface area (Å²) in [6, 6.07) is 14.2. The summed E-state index contributed by atoms with van der Waals surface area (Å²) in [6.07, 6.45) is 2.02. The zero-order valence-electron chi connectivity index (χ0n) is 21.6. The lowest BCUT2D eigenvalue weighted by Crippen LogP contribution is -2.34. The number of rotatable bonds is 9. The molecule has 0 saturated carbocycles. The van der Waals surface area contributed by atoms with Gasteiger partial charge in [0.25, 0.3) is 0 Å². The first-order valence-corrected chi connectivity index (χ1v) is 12.8. The molecule has 3 aromatic carbocycles. The van der Waals surface area contributed by atoms with Crippen LogP contribution >= 0.6 is 0 Å². The van der Waals surface area contributed by atoms with Gasteiger partial charge < -0.3 is 20.7 Å². The molecule has 0 aliphatic carbocycles. The van der Waals surface area contributed by atoms with E-state index in [1.165, 1.54) is 11.1 Å². The topological polar surface area (TPSA) is 65.6 Å². The zero-order valence-corrected chi connectivity index (χ0v) is 21.6. The fraction of sp³-hybridized carbons (Fsp3) is 0.345. The van der Waals surface area contributed by atoms with Crippen LogP contribution in [0.25, 0.3) is 0 Å². The molecule has 1 aliphatic rings. The number of likely N-dealkylation sites (N-methyl/N-ethyl adjacent to an activating group) is 1. The van der Waals surface area contributed by atoms with Crippen LogP contribution in [0, 0.1) is 24.4 Å². The van der Waals surface area contributed by atoms with Crippen LogP contribution in [0.15, 0.2) is 54.6 Å². The Morgan fingerprint density at radius 1 is 0.947 bits per heavy atom. The number of benzene rings is 3. The van der Waals surface area contributed by atoms with Gasteiger partial charge in [0.05, 0.1) is 0 Å². The van der Waals surface area contributed by atoms with E-state index in [0.29, 0.717) is 36.9 Å². The Morgan fingerprint density at radius 3 is 2.37 bits per heavy atom. The maximum atomic E-state index is 13.9. The average molecular weight is 527 g/mol. The van der Waals surface area contributed by atoms with E-state index < -0.39 is 17.5 Å². The Bertz CT molecular complexity index is 1250. The van der Waals surface area contributed by atoms with Crippen molar-refractivity contribution < 1.29 is 22.7 Å². The molecule has 0 unspecified atom stereocenters. The number of likely N-dealkylation sites (tertiary alicyclic amines) is 1. The second kappa shape index (κ2) is 12.8. The van der Waals surface area contributed by atoms with E-state index in [2.05, 4.69) is 39.9 Å². The molecule has 0 aromatic heterocycles. The molecule has 1 heterocycles. The number of ether oxygens (including phenoxy) is 1. The highest BCUT2D eigenvalue weighted by Gasteiger charge is 2.22. The number of hydrogen-bond acceptors (Lipinski definition) is 4. The number of carbonyl (C=O) groups excluding carboxylic acids is 1. The molecule has 202 valence electrons. The number of nitrogens with one attached hydrogen (secondary N) is 3. The van der Waals surface area contributed by atoms with Gasteiger partial charge >= 0.3 is 6.03 Å². The highest BCUT2D eigenvalue weighted by Crippen LogP contribution is 2.33. The monoisotopic (exact) mass is 526 g/mol. The van der Waals surface area contributed by atoms with Gasteiger partial charge in [0, 0.05) is 37.5 Å². The molecule has 6 nitrogen and oxygen atoms in total. The number of carbonyl (C=O) groups is 1. The molecule has 1 saturated heterocycles. The van der Waals surface area contributed by atoms with Crippen LogP contribution in [0.4, 0.5) is 23.7 Å². The van der Waals surface area contributed by atoms with Gasteiger partial charge in [-0.2, -0.15) is 0 Å². The summed E-state index contributed by atoms with van der Waals surface area (Å²) in [7, 11) is 1.84. The smallest absolute Gasteiger partial charge is 0.319 e. The predicted octanol–water partition coefficient (Wildman–Crippen LogP) is 5.93. The van der Waals surface area contributed by atoms with Crippen molar-refractivity contribution in [3.63, 3.8) is 0 Å². The Hall–Kier alpha value is -3.56. The lowest BCUT2D eigenvalue weighted by molar-refractivity contribution is 0.204. The molecule has 4 rings (SSSR count). The highest BCUT2D eigenvalue weighted by atomic mass is 19.2. The molecule has 1 aliphatic heterocycles. The van der Waals surface area contributed by atoms with Crippen molar-refractivity contribution in [3.05, 3.63) is 88.7 Å². The minimum atomic E-state index is -1.25. The Morgan fingerprint density at radius 2 is 1.66 bits per heavy atom. The van der Waals surface area contributed by atoms with Gasteiger partial charge in [0.1, 0.15) is 5.75 Å². The molecule has 38 heavy (non-hydrogen) atoms. The quantitative estimate of drug-likeness (QED) is 0.239. The van der Waals surface area contributed by atoms with Gasteiger partial charge in [0.2, 0.25) is 0 Å². The molecule has 3 N–H and O–H groups in total. The fourth-order valence-corrected chi connectivity index (χ4v) is 4.67. The molecule has 0 spiro atoms. The van der Waals surface area contributed by atoms with Gasteiger partial charge in [-0.05, 0) is 86.8 Å². The first-order valence-electron chi connectivity index (χ1n) is 12.8. The highest BCUT2D eigenvalue weighted by molar-refractivity contribution is 5.89. The minimum Gasteiger partial charge on any atom is -0.454 e. The molecular weight excluding hydrogens is 493 g/mol. The van der Waals surface area contributed by atoms with E-state index in [0.717, 1.165) is 43.7 Å². The number of halogens is 3.